The van der Waals surface area contributed by atoms with Gasteiger partial charge in [0.05, 0.1) is 6.54 Å². The maximum atomic E-state index is 4.22. The molecule has 1 atom stereocenters. The van der Waals surface area contributed by atoms with E-state index in [2.05, 4.69) is 34.7 Å². The van der Waals surface area contributed by atoms with Gasteiger partial charge in [-0.3, -0.25) is 4.68 Å². The topological polar surface area (TPSA) is 29.9 Å². The summed E-state index contributed by atoms with van der Waals surface area (Å²) in [4.78, 5) is 0. The van der Waals surface area contributed by atoms with Crippen molar-refractivity contribution in [2.24, 2.45) is 0 Å². The molecule has 2 heterocycles. The van der Waals surface area contributed by atoms with Crippen molar-refractivity contribution < 1.29 is 0 Å². The van der Waals surface area contributed by atoms with Gasteiger partial charge in [-0.05, 0) is 35.9 Å². The molecular weight excluding hydrogens is 242 g/mol. The predicted octanol–water partition coefficient (Wildman–Crippen LogP) is 2.85. The van der Waals surface area contributed by atoms with Crippen molar-refractivity contribution in [2.75, 3.05) is 16.8 Å². The molecule has 1 aromatic carbocycles. The highest BCUT2D eigenvalue weighted by atomic mass is 32.2. The number of nitrogens with zero attached hydrogens (tertiary/aromatic N) is 2. The normalized spacial score (nSPS) is 19.0. The van der Waals surface area contributed by atoms with Crippen LogP contribution in [0.3, 0.4) is 0 Å². The Bertz CT molecular complexity index is 472. The van der Waals surface area contributed by atoms with Crippen molar-refractivity contribution >= 4 is 17.4 Å². The van der Waals surface area contributed by atoms with Gasteiger partial charge in [0.25, 0.3) is 0 Å². The monoisotopic (exact) mass is 259 g/mol. The van der Waals surface area contributed by atoms with Crippen LogP contribution in [0.1, 0.15) is 12.0 Å². The van der Waals surface area contributed by atoms with Crippen molar-refractivity contribution in [1.29, 1.82) is 0 Å². The quantitative estimate of drug-likeness (QED) is 0.915. The second-order valence-corrected chi connectivity index (χ2v) is 5.76. The average Bonchev–Trinajstić information content (AvgIpc) is 3.05. The van der Waals surface area contributed by atoms with Crippen molar-refractivity contribution in [3.05, 3.63) is 48.3 Å². The number of thioether (sulfide) groups is 1. The third-order valence-corrected chi connectivity index (χ3v) is 4.32. The standard InChI is InChI=1S/C14H17N3S/c1-7-15-17(8-1)10-12-2-4-13(5-3-12)16-14-6-9-18-11-14/h1-5,7-8,14,16H,6,9-11H2. The zero-order chi connectivity index (χ0) is 12.2. The Balaban J connectivity index is 1.61. The van der Waals surface area contributed by atoms with Crippen LogP contribution >= 0.6 is 11.8 Å². The number of hydrogen-bond donors (Lipinski definition) is 1. The van der Waals surface area contributed by atoms with Gasteiger partial charge in [-0.15, -0.1) is 0 Å². The molecule has 1 aliphatic heterocycles. The lowest BCUT2D eigenvalue weighted by Gasteiger charge is -2.13. The second kappa shape index (κ2) is 5.48. The number of rotatable bonds is 4. The molecule has 18 heavy (non-hydrogen) atoms. The zero-order valence-electron chi connectivity index (χ0n) is 10.2. The average molecular weight is 259 g/mol. The van der Waals surface area contributed by atoms with E-state index in [9.17, 15) is 0 Å². The van der Waals surface area contributed by atoms with Gasteiger partial charge in [-0.25, -0.2) is 0 Å². The summed E-state index contributed by atoms with van der Waals surface area (Å²) in [5.74, 6) is 2.52. The van der Waals surface area contributed by atoms with Gasteiger partial charge in [0.2, 0.25) is 0 Å². The van der Waals surface area contributed by atoms with Crippen molar-refractivity contribution in [3.8, 4) is 0 Å². The molecule has 3 rings (SSSR count). The Morgan fingerprint density at radius 2 is 2.22 bits per heavy atom. The molecule has 1 saturated heterocycles. The molecule has 1 unspecified atom stereocenters. The van der Waals surface area contributed by atoms with Crippen LogP contribution in [0.15, 0.2) is 42.7 Å². The first-order valence-electron chi connectivity index (χ1n) is 6.31. The molecule has 0 aliphatic carbocycles. The van der Waals surface area contributed by atoms with E-state index in [1.165, 1.54) is 29.2 Å². The highest BCUT2D eigenvalue weighted by molar-refractivity contribution is 7.99. The molecule has 0 bridgehead atoms. The zero-order valence-corrected chi connectivity index (χ0v) is 11.1. The van der Waals surface area contributed by atoms with Crippen molar-refractivity contribution in [3.63, 3.8) is 0 Å². The first-order chi connectivity index (χ1) is 8.90. The lowest BCUT2D eigenvalue weighted by Crippen LogP contribution is -2.17. The Labute approximate surface area is 112 Å². The third-order valence-electron chi connectivity index (χ3n) is 3.16. The lowest BCUT2D eigenvalue weighted by atomic mass is 10.2. The van der Waals surface area contributed by atoms with Gasteiger partial charge in [0.1, 0.15) is 0 Å². The molecule has 3 nitrogen and oxygen atoms in total. The van der Waals surface area contributed by atoms with Gasteiger partial charge in [0, 0.05) is 29.9 Å². The van der Waals surface area contributed by atoms with Crippen molar-refractivity contribution in [2.45, 2.75) is 19.0 Å². The van der Waals surface area contributed by atoms with E-state index in [0.29, 0.717) is 6.04 Å². The number of benzene rings is 1. The van der Waals surface area contributed by atoms with E-state index in [-0.39, 0.29) is 0 Å². The fourth-order valence-electron chi connectivity index (χ4n) is 2.17. The summed E-state index contributed by atoms with van der Waals surface area (Å²) < 4.78 is 1.94. The summed E-state index contributed by atoms with van der Waals surface area (Å²) in [6, 6.07) is 11.3. The minimum atomic E-state index is 0.645. The van der Waals surface area contributed by atoms with E-state index in [1.54, 1.807) is 0 Å². The molecule has 1 N–H and O–H groups in total. The maximum Gasteiger partial charge on any atom is 0.0659 e. The molecule has 0 spiro atoms. The van der Waals surface area contributed by atoms with Crippen LogP contribution in [-0.4, -0.2) is 27.3 Å². The van der Waals surface area contributed by atoms with Crippen LogP contribution in [0.25, 0.3) is 0 Å². The van der Waals surface area contributed by atoms with Gasteiger partial charge in [0.15, 0.2) is 0 Å². The molecule has 0 saturated carbocycles. The molecular formula is C14H17N3S. The molecule has 1 aromatic heterocycles. The molecule has 2 aromatic rings. The Kier molecular flexibility index (Phi) is 3.55. The van der Waals surface area contributed by atoms with Crippen molar-refractivity contribution in [1.82, 2.24) is 9.78 Å². The fourth-order valence-corrected chi connectivity index (χ4v) is 3.32. The largest absolute Gasteiger partial charge is 0.381 e. The van der Waals surface area contributed by atoms with Crippen LogP contribution in [0.2, 0.25) is 0 Å². The minimum Gasteiger partial charge on any atom is -0.381 e. The Morgan fingerprint density at radius 3 is 2.89 bits per heavy atom. The smallest absolute Gasteiger partial charge is 0.0659 e. The van der Waals surface area contributed by atoms with Crippen LogP contribution in [0, 0.1) is 0 Å². The van der Waals surface area contributed by atoms with Gasteiger partial charge < -0.3 is 5.32 Å². The highest BCUT2D eigenvalue weighted by Gasteiger charge is 2.14. The molecule has 1 fully saturated rings. The first kappa shape index (κ1) is 11.7. The van der Waals surface area contributed by atoms with Gasteiger partial charge in [-0.2, -0.15) is 16.9 Å². The Morgan fingerprint density at radius 1 is 1.33 bits per heavy atom. The molecule has 94 valence electrons. The summed E-state index contributed by atoms with van der Waals surface area (Å²) in [5.41, 5.74) is 2.51. The molecule has 4 heteroatoms. The van der Waals surface area contributed by atoms with E-state index >= 15 is 0 Å². The van der Waals surface area contributed by atoms with Crippen LogP contribution in [0.4, 0.5) is 5.69 Å². The molecule has 1 aliphatic rings. The summed E-state index contributed by atoms with van der Waals surface area (Å²) in [6.07, 6.45) is 5.08. The maximum absolute atomic E-state index is 4.22. The summed E-state index contributed by atoms with van der Waals surface area (Å²) in [7, 11) is 0. The Hall–Kier alpha value is -1.42. The highest BCUT2D eigenvalue weighted by Crippen LogP contribution is 2.21. The van der Waals surface area contributed by atoms with E-state index in [4.69, 9.17) is 0 Å². The summed E-state index contributed by atoms with van der Waals surface area (Å²) in [6.45, 7) is 0.840. The van der Waals surface area contributed by atoms with E-state index < -0.39 is 0 Å². The molecule has 0 radical (unpaired) electrons. The predicted molar refractivity (Wildman–Crippen MR) is 77.1 cm³/mol. The fraction of sp³-hybridized carbons (Fsp3) is 0.357. The summed E-state index contributed by atoms with van der Waals surface area (Å²) in [5, 5.41) is 7.80. The van der Waals surface area contributed by atoms with Crippen LogP contribution in [-0.2, 0) is 6.54 Å². The SMILES string of the molecule is c1cnn(Cc2ccc(NC3CCSC3)cc2)c1. The first-order valence-corrected chi connectivity index (χ1v) is 7.46. The number of anilines is 1. The van der Waals surface area contributed by atoms with E-state index in [0.717, 1.165) is 6.54 Å². The van der Waals surface area contributed by atoms with Crippen LogP contribution in [0.5, 0.6) is 0 Å². The summed E-state index contributed by atoms with van der Waals surface area (Å²) >= 11 is 2.03. The number of nitrogens with one attached hydrogen (secondary N) is 1. The van der Waals surface area contributed by atoms with E-state index in [1.807, 2.05) is 34.9 Å². The van der Waals surface area contributed by atoms with Gasteiger partial charge in [-0.1, -0.05) is 12.1 Å². The van der Waals surface area contributed by atoms with Crippen LogP contribution < -0.4 is 5.32 Å². The van der Waals surface area contributed by atoms with Gasteiger partial charge >= 0.3 is 0 Å². The third kappa shape index (κ3) is 2.88. The number of hydrogen-bond acceptors (Lipinski definition) is 3. The minimum absolute atomic E-state index is 0.645. The molecule has 0 amide bonds. The number of aromatic nitrogens is 2. The second-order valence-electron chi connectivity index (χ2n) is 4.61. The lowest BCUT2D eigenvalue weighted by molar-refractivity contribution is 0.687.